The number of aromatic nitrogens is 1. The van der Waals surface area contributed by atoms with E-state index in [9.17, 15) is 9.50 Å². The molecule has 0 saturated heterocycles. The van der Waals surface area contributed by atoms with Crippen LogP contribution in [0.4, 0.5) is 4.39 Å². The highest BCUT2D eigenvalue weighted by Crippen LogP contribution is 2.35. The summed E-state index contributed by atoms with van der Waals surface area (Å²) in [5, 5.41) is 10.4. The second-order valence-corrected chi connectivity index (χ2v) is 4.44. The fraction of sp³-hybridized carbons (Fsp3) is 0.308. The van der Waals surface area contributed by atoms with E-state index >= 15 is 0 Å². The zero-order valence-corrected chi connectivity index (χ0v) is 8.78. The highest BCUT2D eigenvalue weighted by Gasteiger charge is 2.23. The van der Waals surface area contributed by atoms with E-state index in [-0.39, 0.29) is 11.6 Å². The van der Waals surface area contributed by atoms with Gasteiger partial charge in [0.1, 0.15) is 11.6 Å². The lowest BCUT2D eigenvalue weighted by atomic mass is 10.1. The van der Waals surface area contributed by atoms with Gasteiger partial charge in [-0.05, 0) is 49.4 Å². The summed E-state index contributed by atoms with van der Waals surface area (Å²) in [7, 11) is 0. The molecule has 82 valence electrons. The minimum Gasteiger partial charge on any atom is -0.506 e. The summed E-state index contributed by atoms with van der Waals surface area (Å²) in [6.07, 6.45) is 3.28. The van der Waals surface area contributed by atoms with E-state index in [1.807, 2.05) is 0 Å². The van der Waals surface area contributed by atoms with Crippen LogP contribution in [-0.4, -0.2) is 10.1 Å². The van der Waals surface area contributed by atoms with Crippen molar-refractivity contribution in [2.75, 3.05) is 0 Å². The second kappa shape index (κ2) is 3.44. The van der Waals surface area contributed by atoms with E-state index in [4.69, 9.17) is 0 Å². The Balaban J connectivity index is 2.09. The van der Waals surface area contributed by atoms with Gasteiger partial charge < -0.3 is 5.11 Å². The Labute approximate surface area is 92.7 Å². The molecule has 1 fully saturated rings. The molecule has 2 nitrogen and oxygen atoms in total. The van der Waals surface area contributed by atoms with Crippen LogP contribution in [0, 0.1) is 11.7 Å². The lowest BCUT2D eigenvalue weighted by Crippen LogP contribution is -1.93. The monoisotopic (exact) mass is 217 g/mol. The molecule has 0 spiro atoms. The van der Waals surface area contributed by atoms with Crippen molar-refractivity contribution >= 4 is 10.9 Å². The molecule has 1 saturated carbocycles. The fourth-order valence-electron chi connectivity index (χ4n) is 1.92. The number of fused-ring (bicyclic) bond motifs is 1. The van der Waals surface area contributed by atoms with Gasteiger partial charge in [0.25, 0.3) is 0 Å². The molecule has 0 aliphatic heterocycles. The molecular weight excluding hydrogens is 205 g/mol. The molecule has 0 atom stereocenters. The van der Waals surface area contributed by atoms with Crippen molar-refractivity contribution in [2.45, 2.75) is 19.3 Å². The van der Waals surface area contributed by atoms with Gasteiger partial charge in [0.15, 0.2) is 0 Å². The lowest BCUT2D eigenvalue weighted by molar-refractivity contribution is 0.463. The molecule has 0 unspecified atom stereocenters. The minimum atomic E-state index is -0.302. The molecule has 1 N–H and O–H groups in total. The molecule has 16 heavy (non-hydrogen) atoms. The van der Waals surface area contributed by atoms with Crippen LogP contribution in [0.25, 0.3) is 10.9 Å². The SMILES string of the molecule is Oc1cc2cc(F)ccc2nc1CC1CC1. The summed E-state index contributed by atoms with van der Waals surface area (Å²) in [6.45, 7) is 0. The molecule has 0 bridgehead atoms. The van der Waals surface area contributed by atoms with Crippen LogP contribution in [0.15, 0.2) is 24.3 Å². The van der Waals surface area contributed by atoms with Gasteiger partial charge in [0.05, 0.1) is 11.2 Å². The quantitative estimate of drug-likeness (QED) is 0.838. The van der Waals surface area contributed by atoms with Crippen molar-refractivity contribution in [3.8, 4) is 5.75 Å². The number of pyridine rings is 1. The summed E-state index contributed by atoms with van der Waals surface area (Å²) in [5.41, 5.74) is 1.48. The standard InChI is InChI=1S/C13H12FNO/c14-10-3-4-11-9(6-10)7-13(16)12(15-11)5-8-1-2-8/h3-4,6-8,16H,1-2,5H2. The first-order chi connectivity index (χ1) is 7.72. The average molecular weight is 217 g/mol. The summed E-state index contributed by atoms with van der Waals surface area (Å²) < 4.78 is 13.0. The number of rotatable bonds is 2. The molecule has 0 amide bonds. The van der Waals surface area contributed by atoms with Crippen molar-refractivity contribution in [2.24, 2.45) is 5.92 Å². The smallest absolute Gasteiger partial charge is 0.137 e. The Hall–Kier alpha value is -1.64. The van der Waals surface area contributed by atoms with Crippen molar-refractivity contribution in [1.82, 2.24) is 4.98 Å². The molecular formula is C13H12FNO. The van der Waals surface area contributed by atoms with E-state index in [1.165, 1.54) is 25.0 Å². The maximum atomic E-state index is 13.0. The van der Waals surface area contributed by atoms with Gasteiger partial charge in [-0.25, -0.2) is 9.37 Å². The van der Waals surface area contributed by atoms with E-state index in [2.05, 4.69) is 4.98 Å². The molecule has 1 aromatic carbocycles. The number of benzene rings is 1. The Morgan fingerprint density at radius 3 is 2.88 bits per heavy atom. The lowest BCUT2D eigenvalue weighted by Gasteiger charge is -2.05. The second-order valence-electron chi connectivity index (χ2n) is 4.44. The Morgan fingerprint density at radius 2 is 2.12 bits per heavy atom. The zero-order chi connectivity index (χ0) is 11.1. The van der Waals surface area contributed by atoms with Crippen LogP contribution in [0.2, 0.25) is 0 Å². The summed E-state index contributed by atoms with van der Waals surface area (Å²) in [5.74, 6) is 0.560. The summed E-state index contributed by atoms with van der Waals surface area (Å²) in [4.78, 5) is 4.38. The van der Waals surface area contributed by atoms with Gasteiger partial charge in [-0.15, -0.1) is 0 Å². The first kappa shape index (κ1) is 9.58. The van der Waals surface area contributed by atoms with Crippen molar-refractivity contribution in [3.05, 3.63) is 35.8 Å². The third-order valence-corrected chi connectivity index (χ3v) is 3.01. The number of nitrogens with zero attached hydrogens (tertiary/aromatic N) is 1. The van der Waals surface area contributed by atoms with Gasteiger partial charge in [0, 0.05) is 5.39 Å². The van der Waals surface area contributed by atoms with E-state index in [1.54, 1.807) is 12.1 Å². The van der Waals surface area contributed by atoms with Crippen LogP contribution >= 0.6 is 0 Å². The number of halogens is 1. The molecule has 3 heteroatoms. The predicted molar refractivity (Wildman–Crippen MR) is 59.8 cm³/mol. The molecule has 1 aliphatic carbocycles. The van der Waals surface area contributed by atoms with Crippen LogP contribution < -0.4 is 0 Å². The third-order valence-electron chi connectivity index (χ3n) is 3.01. The van der Waals surface area contributed by atoms with Gasteiger partial charge >= 0.3 is 0 Å². The van der Waals surface area contributed by atoms with E-state index in [0.29, 0.717) is 11.3 Å². The third kappa shape index (κ3) is 1.73. The molecule has 1 heterocycles. The van der Waals surface area contributed by atoms with Crippen molar-refractivity contribution in [1.29, 1.82) is 0 Å². The van der Waals surface area contributed by atoms with Crippen LogP contribution in [0.3, 0.4) is 0 Å². The van der Waals surface area contributed by atoms with E-state index in [0.717, 1.165) is 17.6 Å². The molecule has 3 rings (SSSR count). The zero-order valence-electron chi connectivity index (χ0n) is 8.78. The molecule has 0 radical (unpaired) electrons. The molecule has 1 aromatic heterocycles. The van der Waals surface area contributed by atoms with Gasteiger partial charge in [-0.1, -0.05) is 0 Å². The topological polar surface area (TPSA) is 33.1 Å². The number of hydrogen-bond acceptors (Lipinski definition) is 2. The maximum Gasteiger partial charge on any atom is 0.137 e. The summed E-state index contributed by atoms with van der Waals surface area (Å²) >= 11 is 0. The van der Waals surface area contributed by atoms with E-state index < -0.39 is 0 Å². The van der Waals surface area contributed by atoms with Crippen molar-refractivity contribution in [3.63, 3.8) is 0 Å². The minimum absolute atomic E-state index is 0.185. The highest BCUT2D eigenvalue weighted by molar-refractivity contribution is 5.80. The van der Waals surface area contributed by atoms with Gasteiger partial charge in [-0.3, -0.25) is 0 Å². The van der Waals surface area contributed by atoms with Crippen LogP contribution in [-0.2, 0) is 6.42 Å². The highest BCUT2D eigenvalue weighted by atomic mass is 19.1. The predicted octanol–water partition coefficient (Wildman–Crippen LogP) is 3.03. The normalized spacial score (nSPS) is 15.6. The van der Waals surface area contributed by atoms with Gasteiger partial charge in [0.2, 0.25) is 0 Å². The maximum absolute atomic E-state index is 13.0. The van der Waals surface area contributed by atoms with Crippen molar-refractivity contribution < 1.29 is 9.50 Å². The average Bonchev–Trinajstić information content (AvgIpc) is 3.03. The first-order valence-corrected chi connectivity index (χ1v) is 5.50. The largest absolute Gasteiger partial charge is 0.506 e. The van der Waals surface area contributed by atoms with Crippen LogP contribution in [0.1, 0.15) is 18.5 Å². The Morgan fingerprint density at radius 1 is 1.31 bits per heavy atom. The summed E-state index contributed by atoms with van der Waals surface area (Å²) in [6, 6.07) is 6.04. The Kier molecular flexibility index (Phi) is 2.06. The molecule has 1 aliphatic rings. The Bertz CT molecular complexity index is 549. The first-order valence-electron chi connectivity index (χ1n) is 5.50. The molecule has 2 aromatic rings. The number of hydrogen-bond donors (Lipinski definition) is 1. The number of aromatic hydroxyl groups is 1. The van der Waals surface area contributed by atoms with Gasteiger partial charge in [-0.2, -0.15) is 0 Å². The fourth-order valence-corrected chi connectivity index (χ4v) is 1.92. The van der Waals surface area contributed by atoms with Crippen LogP contribution in [0.5, 0.6) is 5.75 Å².